The molecule has 1 aliphatic heterocycles. The zero-order valence-electron chi connectivity index (χ0n) is 23.1. The van der Waals surface area contributed by atoms with Crippen LogP contribution in [0.5, 0.6) is 0 Å². The van der Waals surface area contributed by atoms with E-state index in [0.29, 0.717) is 0 Å². The molecule has 0 saturated carbocycles. The van der Waals surface area contributed by atoms with E-state index >= 15 is 0 Å². The van der Waals surface area contributed by atoms with E-state index in [-0.39, 0.29) is 5.41 Å². The fourth-order valence-electron chi connectivity index (χ4n) is 6.70. The lowest BCUT2D eigenvalue weighted by atomic mass is 9.75. The van der Waals surface area contributed by atoms with Crippen LogP contribution in [0.2, 0.25) is 0 Å². The molecule has 196 valence electrons. The minimum Gasteiger partial charge on any atom is -0.309 e. The van der Waals surface area contributed by atoms with Gasteiger partial charge in [0.25, 0.3) is 0 Å². The fraction of sp³-hybridized carbons (Fsp3) is 0.0789. The van der Waals surface area contributed by atoms with Crippen LogP contribution in [0.15, 0.2) is 140 Å². The number of pyridine rings is 1. The predicted octanol–water partition coefficient (Wildman–Crippen LogP) is 9.95. The van der Waals surface area contributed by atoms with Gasteiger partial charge in [-0.05, 0) is 59.2 Å². The van der Waals surface area contributed by atoms with Gasteiger partial charge in [0.1, 0.15) is 5.82 Å². The molecule has 0 N–H and O–H groups in total. The molecule has 0 atom stereocenters. The first kappa shape index (κ1) is 23.7. The molecule has 0 spiro atoms. The fourth-order valence-corrected chi connectivity index (χ4v) is 6.70. The first-order valence-electron chi connectivity index (χ1n) is 14.2. The van der Waals surface area contributed by atoms with E-state index in [0.717, 1.165) is 22.8 Å². The molecule has 5 aromatic carbocycles. The Labute approximate surface area is 240 Å². The van der Waals surface area contributed by atoms with Gasteiger partial charge in [-0.3, -0.25) is 4.90 Å². The Morgan fingerprint density at radius 2 is 1.39 bits per heavy atom. The first-order chi connectivity index (χ1) is 20.1. The second kappa shape index (κ2) is 8.94. The van der Waals surface area contributed by atoms with Crippen LogP contribution in [0.3, 0.4) is 0 Å². The lowest BCUT2D eigenvalue weighted by Crippen LogP contribution is -2.26. The van der Waals surface area contributed by atoms with Gasteiger partial charge >= 0.3 is 0 Å². The molecule has 3 nitrogen and oxygen atoms in total. The van der Waals surface area contributed by atoms with Crippen LogP contribution in [0.4, 0.5) is 17.2 Å². The van der Waals surface area contributed by atoms with Gasteiger partial charge in [-0.15, -0.1) is 0 Å². The molecule has 7 aromatic rings. The summed E-state index contributed by atoms with van der Waals surface area (Å²) in [6.07, 6.45) is 1.87. The number of hydrogen-bond donors (Lipinski definition) is 0. The summed E-state index contributed by atoms with van der Waals surface area (Å²) in [5.74, 6) is 0.885. The summed E-state index contributed by atoms with van der Waals surface area (Å²) in [5, 5.41) is 2.52. The van der Waals surface area contributed by atoms with Crippen LogP contribution < -0.4 is 4.90 Å². The van der Waals surface area contributed by atoms with Gasteiger partial charge in [0, 0.05) is 33.6 Å². The average Bonchev–Trinajstić information content (AvgIpc) is 3.36. The van der Waals surface area contributed by atoms with Crippen molar-refractivity contribution in [2.24, 2.45) is 0 Å². The van der Waals surface area contributed by atoms with Crippen LogP contribution in [0.25, 0.3) is 38.6 Å². The van der Waals surface area contributed by atoms with Crippen LogP contribution in [0, 0.1) is 0 Å². The monoisotopic (exact) mass is 527 g/mol. The number of rotatable bonds is 4. The van der Waals surface area contributed by atoms with Crippen LogP contribution in [-0.2, 0) is 5.41 Å². The van der Waals surface area contributed by atoms with Gasteiger partial charge in [0.15, 0.2) is 0 Å². The minimum absolute atomic E-state index is 0.0854. The van der Waals surface area contributed by atoms with Gasteiger partial charge in [-0.2, -0.15) is 0 Å². The van der Waals surface area contributed by atoms with Crippen LogP contribution in [-0.4, -0.2) is 9.55 Å². The summed E-state index contributed by atoms with van der Waals surface area (Å²) >= 11 is 0. The van der Waals surface area contributed by atoms with Gasteiger partial charge < -0.3 is 4.57 Å². The zero-order chi connectivity index (χ0) is 27.6. The molecule has 0 aliphatic carbocycles. The summed E-state index contributed by atoms with van der Waals surface area (Å²) in [5.41, 5.74) is 10.9. The van der Waals surface area contributed by atoms with Gasteiger partial charge in [-0.1, -0.05) is 105 Å². The molecule has 0 radical (unpaired) electrons. The standard InChI is InChI=1S/C38H29N3/c1-38(2)31-17-7-9-20-35(31)41-34-23-22-27(25-30(34)29-16-12-18-32(38)37(29)41)40(36-21-10-11-24-39-36)33-19-8-6-15-28(33)26-13-4-3-5-14-26/h3-25H,1-2H3. The molecule has 0 fully saturated rings. The maximum atomic E-state index is 4.82. The molecule has 2 aromatic heterocycles. The molecular weight excluding hydrogens is 498 g/mol. The Balaban J connectivity index is 1.42. The summed E-state index contributed by atoms with van der Waals surface area (Å²) in [4.78, 5) is 7.11. The van der Waals surface area contributed by atoms with Crippen molar-refractivity contribution < 1.29 is 0 Å². The number of aromatic nitrogens is 2. The van der Waals surface area contributed by atoms with Crippen molar-refractivity contribution in [3.63, 3.8) is 0 Å². The highest BCUT2D eigenvalue weighted by Crippen LogP contribution is 2.48. The van der Waals surface area contributed by atoms with Gasteiger partial charge in [0.2, 0.25) is 0 Å². The highest BCUT2D eigenvalue weighted by atomic mass is 15.2. The average molecular weight is 528 g/mol. The lowest BCUT2D eigenvalue weighted by Gasteiger charge is -2.34. The summed E-state index contributed by atoms with van der Waals surface area (Å²) in [6, 6.07) is 47.8. The Hall–Kier alpha value is -5.15. The van der Waals surface area contributed by atoms with Gasteiger partial charge in [-0.25, -0.2) is 4.98 Å². The smallest absolute Gasteiger partial charge is 0.137 e. The molecule has 0 bridgehead atoms. The third kappa shape index (κ3) is 3.49. The molecule has 1 aliphatic rings. The van der Waals surface area contributed by atoms with Crippen molar-refractivity contribution in [3.05, 3.63) is 151 Å². The van der Waals surface area contributed by atoms with E-state index < -0.39 is 0 Å². The molecule has 3 heterocycles. The summed E-state index contributed by atoms with van der Waals surface area (Å²) in [7, 11) is 0. The second-order valence-electron chi connectivity index (χ2n) is 11.3. The van der Waals surface area contributed by atoms with Crippen molar-refractivity contribution in [1.82, 2.24) is 9.55 Å². The quantitative estimate of drug-likeness (QED) is 0.227. The Bertz CT molecular complexity index is 2070. The zero-order valence-corrected chi connectivity index (χ0v) is 23.1. The van der Waals surface area contributed by atoms with E-state index in [1.807, 2.05) is 12.3 Å². The number of para-hydroxylation sites is 3. The lowest BCUT2D eigenvalue weighted by molar-refractivity contribution is 0.630. The van der Waals surface area contributed by atoms with E-state index in [2.05, 4.69) is 151 Å². The van der Waals surface area contributed by atoms with Crippen LogP contribution in [0.1, 0.15) is 25.0 Å². The molecule has 0 unspecified atom stereocenters. The molecule has 0 amide bonds. The van der Waals surface area contributed by atoms with Crippen molar-refractivity contribution in [3.8, 4) is 16.8 Å². The summed E-state index contributed by atoms with van der Waals surface area (Å²) < 4.78 is 2.47. The van der Waals surface area contributed by atoms with Crippen LogP contribution >= 0.6 is 0 Å². The SMILES string of the molecule is CC1(C)c2ccccc2-n2c3ccc(N(c4ccccn4)c4ccccc4-c4ccccc4)cc3c3cccc1c32. The predicted molar refractivity (Wildman–Crippen MR) is 171 cm³/mol. The van der Waals surface area contributed by atoms with Gasteiger partial charge in [0.05, 0.1) is 22.4 Å². The number of hydrogen-bond acceptors (Lipinski definition) is 2. The van der Waals surface area contributed by atoms with E-state index in [4.69, 9.17) is 4.98 Å². The topological polar surface area (TPSA) is 21.1 Å². The van der Waals surface area contributed by atoms with Crippen molar-refractivity contribution >= 4 is 39.0 Å². The van der Waals surface area contributed by atoms with Crippen molar-refractivity contribution in [2.75, 3.05) is 4.90 Å². The molecule has 8 rings (SSSR count). The van der Waals surface area contributed by atoms with Crippen molar-refractivity contribution in [2.45, 2.75) is 19.3 Å². The normalized spacial score (nSPS) is 13.3. The molecule has 41 heavy (non-hydrogen) atoms. The molecule has 0 saturated heterocycles. The first-order valence-corrected chi connectivity index (χ1v) is 14.2. The molecule has 3 heteroatoms. The van der Waals surface area contributed by atoms with Crippen molar-refractivity contribution in [1.29, 1.82) is 0 Å². The maximum absolute atomic E-state index is 4.82. The second-order valence-corrected chi connectivity index (χ2v) is 11.3. The minimum atomic E-state index is -0.0854. The Morgan fingerprint density at radius 1 is 0.634 bits per heavy atom. The van der Waals surface area contributed by atoms with E-state index in [9.17, 15) is 0 Å². The number of anilines is 3. The Morgan fingerprint density at radius 3 is 2.24 bits per heavy atom. The highest BCUT2D eigenvalue weighted by molar-refractivity contribution is 6.13. The number of nitrogens with zero attached hydrogens (tertiary/aromatic N) is 3. The van der Waals surface area contributed by atoms with E-state index in [1.54, 1.807) is 0 Å². The third-order valence-corrected chi connectivity index (χ3v) is 8.63. The number of fused-ring (bicyclic) bond motifs is 5. The highest BCUT2D eigenvalue weighted by Gasteiger charge is 2.34. The summed E-state index contributed by atoms with van der Waals surface area (Å²) in [6.45, 7) is 4.69. The largest absolute Gasteiger partial charge is 0.309 e. The Kier molecular flexibility index (Phi) is 5.17. The number of benzene rings is 5. The van der Waals surface area contributed by atoms with E-state index in [1.165, 1.54) is 44.2 Å². The maximum Gasteiger partial charge on any atom is 0.137 e. The molecular formula is C38H29N3. The third-order valence-electron chi connectivity index (χ3n) is 8.63.